The molecular formula is C21H27N3O3S. The van der Waals surface area contributed by atoms with Crippen LogP contribution in [0.2, 0.25) is 0 Å². The highest BCUT2D eigenvalue weighted by molar-refractivity contribution is 8.01. The molecule has 150 valence electrons. The van der Waals surface area contributed by atoms with E-state index in [0.29, 0.717) is 23.4 Å². The number of hydrogen-bond acceptors (Lipinski definition) is 4. The number of fused-ring (bicyclic) bond motifs is 1. The molecule has 0 saturated carbocycles. The van der Waals surface area contributed by atoms with E-state index in [4.69, 9.17) is 0 Å². The Kier molecular flexibility index (Phi) is 5.36. The lowest BCUT2D eigenvalue weighted by atomic mass is 10.1. The third-order valence-electron chi connectivity index (χ3n) is 6.04. The minimum Gasteiger partial charge on any atom is -0.339 e. The van der Waals surface area contributed by atoms with Crippen LogP contribution in [-0.4, -0.2) is 57.3 Å². The summed E-state index contributed by atoms with van der Waals surface area (Å²) in [5.41, 5.74) is 1.31. The molecule has 7 heteroatoms. The average Bonchev–Trinajstić information content (AvgIpc) is 3.03. The molecule has 1 aromatic rings. The van der Waals surface area contributed by atoms with Crippen molar-refractivity contribution in [1.82, 2.24) is 9.80 Å². The molecule has 3 amide bonds. The molecule has 0 radical (unpaired) electrons. The van der Waals surface area contributed by atoms with E-state index < -0.39 is 6.04 Å². The second kappa shape index (κ2) is 7.78. The number of hydrogen-bond donors (Lipinski definition) is 1. The summed E-state index contributed by atoms with van der Waals surface area (Å²) in [4.78, 5) is 41.1. The van der Waals surface area contributed by atoms with Crippen LogP contribution in [0.4, 0.5) is 5.69 Å². The monoisotopic (exact) mass is 401 g/mol. The molecule has 3 aliphatic heterocycles. The largest absolute Gasteiger partial charge is 0.339 e. The maximum Gasteiger partial charge on any atom is 0.253 e. The number of anilines is 1. The maximum atomic E-state index is 12.8. The fraction of sp³-hybridized carbons (Fsp3) is 0.571. The van der Waals surface area contributed by atoms with Gasteiger partial charge in [0.15, 0.2) is 0 Å². The van der Waals surface area contributed by atoms with Gasteiger partial charge in [0.25, 0.3) is 5.91 Å². The number of carbonyl (C=O) groups is 3. The third-order valence-corrected chi connectivity index (χ3v) is 7.55. The molecular weight excluding hydrogens is 374 g/mol. The van der Waals surface area contributed by atoms with Gasteiger partial charge in [-0.25, -0.2) is 0 Å². The zero-order chi connectivity index (χ0) is 19.7. The molecule has 3 heterocycles. The fourth-order valence-corrected chi connectivity index (χ4v) is 5.82. The quantitative estimate of drug-likeness (QED) is 0.845. The van der Waals surface area contributed by atoms with E-state index in [1.54, 1.807) is 40.9 Å². The lowest BCUT2D eigenvalue weighted by Gasteiger charge is -2.29. The number of nitrogens with one attached hydrogen (secondary N) is 1. The molecule has 4 rings (SSSR count). The van der Waals surface area contributed by atoms with Crippen LogP contribution in [-0.2, 0) is 9.59 Å². The zero-order valence-corrected chi connectivity index (χ0v) is 17.1. The average molecular weight is 402 g/mol. The number of nitrogens with zero attached hydrogens (tertiary/aromatic N) is 2. The van der Waals surface area contributed by atoms with E-state index in [1.807, 2.05) is 11.8 Å². The van der Waals surface area contributed by atoms with Crippen molar-refractivity contribution in [2.24, 2.45) is 0 Å². The summed E-state index contributed by atoms with van der Waals surface area (Å²) < 4.78 is 0. The Hall–Kier alpha value is -2.02. The van der Waals surface area contributed by atoms with E-state index in [9.17, 15) is 14.4 Å². The minimum atomic E-state index is -0.427. The van der Waals surface area contributed by atoms with Gasteiger partial charge in [-0.2, -0.15) is 0 Å². The summed E-state index contributed by atoms with van der Waals surface area (Å²) in [7, 11) is 0. The van der Waals surface area contributed by atoms with Gasteiger partial charge in [-0.3, -0.25) is 14.4 Å². The van der Waals surface area contributed by atoms with Gasteiger partial charge >= 0.3 is 0 Å². The number of thioether (sulfide) groups is 1. The lowest BCUT2D eigenvalue weighted by molar-refractivity contribution is -0.135. The molecule has 0 unspecified atom stereocenters. The second-order valence-electron chi connectivity index (χ2n) is 8.04. The highest BCUT2D eigenvalue weighted by atomic mass is 32.2. The Bertz CT molecular complexity index is 774. The van der Waals surface area contributed by atoms with E-state index in [1.165, 1.54) is 12.8 Å². The Morgan fingerprint density at radius 2 is 1.79 bits per heavy atom. The first-order chi connectivity index (χ1) is 13.5. The number of amides is 3. The SMILES string of the molecule is C[C@]12CCC(=O)N1[C@@H](C(=O)Nc1ccc(C(=O)N3CCCCCC3)cc1)CS2. The van der Waals surface area contributed by atoms with Gasteiger partial charge in [0.1, 0.15) is 6.04 Å². The minimum absolute atomic E-state index is 0.0606. The molecule has 0 spiro atoms. The number of carbonyl (C=O) groups excluding carboxylic acids is 3. The Morgan fingerprint density at radius 3 is 2.46 bits per heavy atom. The van der Waals surface area contributed by atoms with Crippen molar-refractivity contribution in [2.75, 3.05) is 24.2 Å². The van der Waals surface area contributed by atoms with Crippen LogP contribution >= 0.6 is 11.8 Å². The molecule has 0 bridgehead atoms. The highest BCUT2D eigenvalue weighted by Crippen LogP contribution is 2.47. The van der Waals surface area contributed by atoms with E-state index in [-0.39, 0.29) is 22.6 Å². The van der Waals surface area contributed by atoms with Crippen molar-refractivity contribution < 1.29 is 14.4 Å². The first-order valence-corrected chi connectivity index (χ1v) is 11.1. The van der Waals surface area contributed by atoms with Crippen LogP contribution < -0.4 is 5.32 Å². The Labute approximate surface area is 170 Å². The molecule has 3 aliphatic rings. The van der Waals surface area contributed by atoms with Gasteiger partial charge in [0.2, 0.25) is 11.8 Å². The van der Waals surface area contributed by atoms with E-state index in [2.05, 4.69) is 5.32 Å². The van der Waals surface area contributed by atoms with Gasteiger partial charge in [-0.05, 0) is 50.5 Å². The summed E-state index contributed by atoms with van der Waals surface area (Å²) in [6.07, 6.45) is 5.81. The van der Waals surface area contributed by atoms with Gasteiger partial charge in [-0.15, -0.1) is 11.8 Å². The molecule has 2 atom stereocenters. The van der Waals surface area contributed by atoms with Gasteiger partial charge in [0, 0.05) is 36.5 Å². The molecule has 28 heavy (non-hydrogen) atoms. The van der Waals surface area contributed by atoms with E-state index >= 15 is 0 Å². The first kappa shape index (κ1) is 19.3. The molecule has 1 aromatic carbocycles. The summed E-state index contributed by atoms with van der Waals surface area (Å²) in [6.45, 7) is 3.68. The topological polar surface area (TPSA) is 69.7 Å². The van der Waals surface area contributed by atoms with Gasteiger partial charge < -0.3 is 15.1 Å². The maximum absolute atomic E-state index is 12.8. The Morgan fingerprint density at radius 1 is 1.11 bits per heavy atom. The predicted octanol–water partition coefficient (Wildman–Crippen LogP) is 3.10. The molecule has 3 fully saturated rings. The van der Waals surface area contributed by atoms with Crippen LogP contribution in [0.25, 0.3) is 0 Å². The second-order valence-corrected chi connectivity index (χ2v) is 9.54. The number of rotatable bonds is 3. The van der Waals surface area contributed by atoms with Crippen molar-refractivity contribution in [1.29, 1.82) is 0 Å². The first-order valence-electron chi connectivity index (χ1n) is 10.1. The molecule has 3 saturated heterocycles. The summed E-state index contributed by atoms with van der Waals surface area (Å²) in [6, 6.07) is 6.67. The van der Waals surface area contributed by atoms with Crippen LogP contribution in [0.1, 0.15) is 55.8 Å². The Balaban J connectivity index is 1.40. The van der Waals surface area contributed by atoms with Crippen LogP contribution in [0.3, 0.4) is 0 Å². The summed E-state index contributed by atoms with van der Waals surface area (Å²) >= 11 is 1.68. The lowest BCUT2D eigenvalue weighted by Crippen LogP contribution is -2.48. The van der Waals surface area contributed by atoms with Crippen LogP contribution in [0, 0.1) is 0 Å². The van der Waals surface area contributed by atoms with Crippen molar-refractivity contribution in [3.63, 3.8) is 0 Å². The number of benzene rings is 1. The predicted molar refractivity (Wildman–Crippen MR) is 110 cm³/mol. The van der Waals surface area contributed by atoms with Crippen molar-refractivity contribution in [3.05, 3.63) is 29.8 Å². The van der Waals surface area contributed by atoms with Crippen LogP contribution in [0.15, 0.2) is 24.3 Å². The van der Waals surface area contributed by atoms with Crippen LogP contribution in [0.5, 0.6) is 0 Å². The summed E-state index contributed by atoms with van der Waals surface area (Å²) in [5, 5.41) is 2.92. The third kappa shape index (κ3) is 3.64. The van der Waals surface area contributed by atoms with Gasteiger partial charge in [-0.1, -0.05) is 12.8 Å². The van der Waals surface area contributed by atoms with Crippen molar-refractivity contribution in [2.45, 2.75) is 56.4 Å². The highest BCUT2D eigenvalue weighted by Gasteiger charge is 2.52. The molecule has 1 N–H and O–H groups in total. The van der Waals surface area contributed by atoms with E-state index in [0.717, 1.165) is 32.4 Å². The zero-order valence-electron chi connectivity index (χ0n) is 16.3. The van der Waals surface area contributed by atoms with Gasteiger partial charge in [0.05, 0.1) is 4.87 Å². The molecule has 6 nitrogen and oxygen atoms in total. The summed E-state index contributed by atoms with van der Waals surface area (Å²) in [5.74, 6) is 0.592. The standard InChI is InChI=1S/C21H27N3O3S/c1-21-11-10-18(25)24(21)17(14-28-21)19(26)22-16-8-6-15(7-9-16)20(27)23-12-4-2-3-5-13-23/h6-9,17H,2-5,10-14H2,1H3,(H,22,26)/t17-,21+/m1/s1. The van der Waals surface area contributed by atoms with Crippen molar-refractivity contribution >= 4 is 35.2 Å². The molecule has 0 aliphatic carbocycles. The number of likely N-dealkylation sites (tertiary alicyclic amines) is 1. The smallest absolute Gasteiger partial charge is 0.253 e. The fourth-order valence-electron chi connectivity index (χ4n) is 4.39. The molecule has 0 aromatic heterocycles. The normalized spacial score (nSPS) is 27.5. The van der Waals surface area contributed by atoms with Crippen molar-refractivity contribution in [3.8, 4) is 0 Å².